The summed E-state index contributed by atoms with van der Waals surface area (Å²) in [5.74, 6) is -0.266. The van der Waals surface area contributed by atoms with Crippen LogP contribution in [0.4, 0.5) is 4.39 Å². The van der Waals surface area contributed by atoms with Gasteiger partial charge < -0.3 is 5.73 Å². The van der Waals surface area contributed by atoms with Crippen molar-refractivity contribution in [3.63, 3.8) is 0 Å². The molecule has 0 saturated carbocycles. The second kappa shape index (κ2) is 3.35. The highest BCUT2D eigenvalue weighted by Crippen LogP contribution is 2.22. The zero-order chi connectivity index (χ0) is 10.1. The van der Waals surface area contributed by atoms with E-state index < -0.39 is 0 Å². The van der Waals surface area contributed by atoms with E-state index in [1.165, 1.54) is 12.1 Å². The highest BCUT2D eigenvalue weighted by molar-refractivity contribution is 5.82. The van der Waals surface area contributed by atoms with Gasteiger partial charge in [-0.25, -0.2) is 4.39 Å². The van der Waals surface area contributed by atoms with Crippen LogP contribution in [0.3, 0.4) is 0 Å². The van der Waals surface area contributed by atoms with Gasteiger partial charge in [0.1, 0.15) is 5.82 Å². The number of halogens is 1. The molecule has 0 radical (unpaired) electrons. The van der Waals surface area contributed by atoms with E-state index in [1.807, 2.05) is 13.0 Å². The van der Waals surface area contributed by atoms with Crippen LogP contribution in [0.15, 0.2) is 30.5 Å². The first-order valence-corrected chi connectivity index (χ1v) is 4.48. The van der Waals surface area contributed by atoms with Gasteiger partial charge in [0.2, 0.25) is 0 Å². The van der Waals surface area contributed by atoms with E-state index in [2.05, 4.69) is 4.98 Å². The quantitative estimate of drug-likeness (QED) is 0.749. The fourth-order valence-electron chi connectivity index (χ4n) is 1.53. The Morgan fingerprint density at radius 3 is 2.93 bits per heavy atom. The average molecular weight is 190 g/mol. The highest BCUT2D eigenvalue weighted by Gasteiger charge is 2.08. The first-order valence-electron chi connectivity index (χ1n) is 4.48. The van der Waals surface area contributed by atoms with E-state index in [0.717, 1.165) is 16.5 Å². The highest BCUT2D eigenvalue weighted by atomic mass is 19.1. The number of rotatable bonds is 1. The molecule has 1 aromatic carbocycles. The van der Waals surface area contributed by atoms with E-state index in [-0.39, 0.29) is 11.9 Å². The van der Waals surface area contributed by atoms with Crippen molar-refractivity contribution in [1.82, 2.24) is 4.98 Å². The lowest BCUT2D eigenvalue weighted by Crippen LogP contribution is -2.06. The number of hydrogen-bond acceptors (Lipinski definition) is 2. The Hall–Kier alpha value is -1.48. The second-order valence-electron chi connectivity index (χ2n) is 3.36. The normalized spacial score (nSPS) is 13.1. The summed E-state index contributed by atoms with van der Waals surface area (Å²) in [4.78, 5) is 4.20. The van der Waals surface area contributed by atoms with Crippen LogP contribution in [0.1, 0.15) is 18.5 Å². The maximum atomic E-state index is 13.2. The van der Waals surface area contributed by atoms with Crippen molar-refractivity contribution < 1.29 is 4.39 Å². The summed E-state index contributed by atoms with van der Waals surface area (Å²) in [6, 6.07) is 6.32. The summed E-state index contributed by atoms with van der Waals surface area (Å²) < 4.78 is 13.2. The van der Waals surface area contributed by atoms with E-state index in [4.69, 9.17) is 5.73 Å². The van der Waals surface area contributed by atoms with E-state index in [0.29, 0.717) is 0 Å². The molecule has 0 spiro atoms. The first kappa shape index (κ1) is 9.09. The topological polar surface area (TPSA) is 38.9 Å². The zero-order valence-corrected chi connectivity index (χ0v) is 7.87. The van der Waals surface area contributed by atoms with Gasteiger partial charge in [-0.15, -0.1) is 0 Å². The molecule has 72 valence electrons. The van der Waals surface area contributed by atoms with Crippen molar-refractivity contribution in [2.24, 2.45) is 5.73 Å². The first-order chi connectivity index (χ1) is 6.68. The average Bonchev–Trinajstić information content (AvgIpc) is 2.16. The SMILES string of the molecule is CC(N)c1cc(F)cc2cccnc12. The summed E-state index contributed by atoms with van der Waals surface area (Å²) in [6.07, 6.45) is 1.69. The van der Waals surface area contributed by atoms with Gasteiger partial charge in [0, 0.05) is 17.6 Å². The van der Waals surface area contributed by atoms with Crippen molar-refractivity contribution in [1.29, 1.82) is 0 Å². The number of pyridine rings is 1. The molecule has 0 fully saturated rings. The lowest BCUT2D eigenvalue weighted by atomic mass is 10.0. The summed E-state index contributed by atoms with van der Waals surface area (Å²) in [5, 5.41) is 0.791. The molecule has 0 aliphatic rings. The minimum atomic E-state index is -0.266. The third-order valence-corrected chi connectivity index (χ3v) is 2.19. The van der Waals surface area contributed by atoms with Crippen molar-refractivity contribution in [3.05, 3.63) is 41.8 Å². The van der Waals surface area contributed by atoms with Gasteiger partial charge >= 0.3 is 0 Å². The molecule has 0 aliphatic heterocycles. The Labute approximate surface area is 81.6 Å². The molecule has 1 aromatic heterocycles. The lowest BCUT2D eigenvalue weighted by molar-refractivity contribution is 0.624. The summed E-state index contributed by atoms with van der Waals surface area (Å²) in [5.41, 5.74) is 7.27. The molecule has 14 heavy (non-hydrogen) atoms. The number of fused-ring (bicyclic) bond motifs is 1. The number of benzene rings is 1. The maximum absolute atomic E-state index is 13.2. The molecule has 2 aromatic rings. The van der Waals surface area contributed by atoms with Gasteiger partial charge in [-0.2, -0.15) is 0 Å². The fraction of sp³-hybridized carbons (Fsp3) is 0.182. The molecule has 1 atom stereocenters. The van der Waals surface area contributed by atoms with Crippen LogP contribution in [-0.4, -0.2) is 4.98 Å². The molecule has 2 rings (SSSR count). The number of aromatic nitrogens is 1. The zero-order valence-electron chi connectivity index (χ0n) is 7.87. The number of hydrogen-bond donors (Lipinski definition) is 1. The second-order valence-corrected chi connectivity index (χ2v) is 3.36. The van der Waals surface area contributed by atoms with Crippen molar-refractivity contribution >= 4 is 10.9 Å². The molecule has 2 nitrogen and oxygen atoms in total. The van der Waals surface area contributed by atoms with Crippen LogP contribution in [-0.2, 0) is 0 Å². The van der Waals surface area contributed by atoms with Gasteiger partial charge in [-0.3, -0.25) is 4.98 Å². The van der Waals surface area contributed by atoms with Crippen LogP contribution >= 0.6 is 0 Å². The standard InChI is InChI=1S/C11H11FN2/c1-7(13)10-6-9(12)5-8-3-2-4-14-11(8)10/h2-7H,13H2,1H3. The molecule has 1 unspecified atom stereocenters. The van der Waals surface area contributed by atoms with Crippen LogP contribution < -0.4 is 5.73 Å². The molecular weight excluding hydrogens is 179 g/mol. The Balaban J connectivity index is 2.80. The smallest absolute Gasteiger partial charge is 0.124 e. The molecule has 0 amide bonds. The monoisotopic (exact) mass is 190 g/mol. The lowest BCUT2D eigenvalue weighted by Gasteiger charge is -2.08. The Bertz CT molecular complexity index is 466. The molecular formula is C11H11FN2. The Morgan fingerprint density at radius 2 is 2.21 bits per heavy atom. The Morgan fingerprint density at radius 1 is 1.43 bits per heavy atom. The van der Waals surface area contributed by atoms with Crippen LogP contribution in [0.5, 0.6) is 0 Å². The molecule has 0 aliphatic carbocycles. The van der Waals surface area contributed by atoms with Crippen molar-refractivity contribution in [2.75, 3.05) is 0 Å². The number of nitrogens with two attached hydrogens (primary N) is 1. The van der Waals surface area contributed by atoms with Gasteiger partial charge in [0.15, 0.2) is 0 Å². The maximum Gasteiger partial charge on any atom is 0.124 e. The largest absolute Gasteiger partial charge is 0.324 e. The Kier molecular flexibility index (Phi) is 2.17. The molecule has 0 saturated heterocycles. The minimum absolute atomic E-state index is 0.205. The minimum Gasteiger partial charge on any atom is -0.324 e. The van der Waals surface area contributed by atoms with E-state index >= 15 is 0 Å². The molecule has 2 N–H and O–H groups in total. The van der Waals surface area contributed by atoms with Crippen LogP contribution in [0.2, 0.25) is 0 Å². The van der Waals surface area contributed by atoms with E-state index in [9.17, 15) is 4.39 Å². The summed E-state index contributed by atoms with van der Waals surface area (Å²) in [6.45, 7) is 1.82. The third-order valence-electron chi connectivity index (χ3n) is 2.19. The number of nitrogens with zero attached hydrogens (tertiary/aromatic N) is 1. The van der Waals surface area contributed by atoms with Gasteiger partial charge in [-0.1, -0.05) is 6.07 Å². The predicted octanol–water partition coefficient (Wildman–Crippen LogP) is 2.39. The predicted molar refractivity (Wildman–Crippen MR) is 54.3 cm³/mol. The summed E-state index contributed by atoms with van der Waals surface area (Å²) >= 11 is 0. The molecule has 3 heteroatoms. The van der Waals surface area contributed by atoms with Crippen molar-refractivity contribution in [3.8, 4) is 0 Å². The molecule has 1 heterocycles. The van der Waals surface area contributed by atoms with Crippen LogP contribution in [0.25, 0.3) is 10.9 Å². The van der Waals surface area contributed by atoms with Gasteiger partial charge in [0.25, 0.3) is 0 Å². The van der Waals surface area contributed by atoms with Gasteiger partial charge in [-0.05, 0) is 30.7 Å². The summed E-state index contributed by atoms with van der Waals surface area (Å²) in [7, 11) is 0. The van der Waals surface area contributed by atoms with Crippen molar-refractivity contribution in [2.45, 2.75) is 13.0 Å². The molecule has 0 bridgehead atoms. The fourth-order valence-corrected chi connectivity index (χ4v) is 1.53. The van der Waals surface area contributed by atoms with Crippen LogP contribution in [0, 0.1) is 5.82 Å². The van der Waals surface area contributed by atoms with Gasteiger partial charge in [0.05, 0.1) is 5.52 Å². The third kappa shape index (κ3) is 1.46. The van der Waals surface area contributed by atoms with E-state index in [1.54, 1.807) is 12.3 Å².